The van der Waals surface area contributed by atoms with Crippen LogP contribution in [0.3, 0.4) is 0 Å². The van der Waals surface area contributed by atoms with E-state index in [1.165, 1.54) is 24.9 Å². The molecule has 1 aliphatic heterocycles. The molecule has 1 aromatic rings. The van der Waals surface area contributed by atoms with Crippen LogP contribution in [0.2, 0.25) is 0 Å². The van der Waals surface area contributed by atoms with Crippen LogP contribution in [0.25, 0.3) is 0 Å². The summed E-state index contributed by atoms with van der Waals surface area (Å²) in [7, 11) is 0. The second-order valence-corrected chi connectivity index (χ2v) is 5.47. The number of rotatable bonds is 2. The van der Waals surface area contributed by atoms with Crippen molar-refractivity contribution in [3.63, 3.8) is 0 Å². The van der Waals surface area contributed by atoms with Gasteiger partial charge in [0.1, 0.15) is 0 Å². The highest BCUT2D eigenvalue weighted by Gasteiger charge is 2.63. The third-order valence-electron chi connectivity index (χ3n) is 4.71. The van der Waals surface area contributed by atoms with Gasteiger partial charge in [0, 0.05) is 18.6 Å². The zero-order chi connectivity index (χ0) is 9.83. The molecule has 1 aromatic carbocycles. The van der Waals surface area contributed by atoms with Crippen molar-refractivity contribution in [2.75, 3.05) is 0 Å². The van der Waals surface area contributed by atoms with Crippen LogP contribution in [0.5, 0.6) is 0 Å². The first-order valence-electron chi connectivity index (χ1n) is 6.23. The van der Waals surface area contributed by atoms with Crippen LogP contribution in [-0.4, -0.2) is 17.0 Å². The van der Waals surface area contributed by atoms with Gasteiger partial charge in [-0.15, -0.1) is 0 Å². The highest BCUT2D eigenvalue weighted by atomic mass is 15.4. The molecule has 0 N–H and O–H groups in total. The van der Waals surface area contributed by atoms with E-state index >= 15 is 0 Å². The molecule has 1 saturated heterocycles. The quantitative estimate of drug-likeness (QED) is 0.662. The number of benzene rings is 1. The largest absolute Gasteiger partial charge is 0.289 e. The lowest BCUT2D eigenvalue weighted by atomic mass is 10.0. The number of nitrogens with zero attached hydrogens (tertiary/aromatic N) is 1. The molecule has 2 aliphatic carbocycles. The highest BCUT2D eigenvalue weighted by molar-refractivity contribution is 5.22. The Balaban J connectivity index is 1.50. The van der Waals surface area contributed by atoms with Crippen molar-refractivity contribution in [3.8, 4) is 0 Å². The lowest BCUT2D eigenvalue weighted by Crippen LogP contribution is -2.12. The molecular weight excluding hydrogens is 182 g/mol. The summed E-state index contributed by atoms with van der Waals surface area (Å²) in [6.07, 6.45) is 4.56. The van der Waals surface area contributed by atoms with Crippen LogP contribution in [0.4, 0.5) is 0 Å². The molecule has 0 amide bonds. The Hall–Kier alpha value is -0.820. The molecular formula is C14H17N. The summed E-state index contributed by atoms with van der Waals surface area (Å²) in [6.45, 7) is 1.20. The number of likely N-dealkylation sites (tertiary alicyclic amines) is 1. The third-order valence-corrected chi connectivity index (χ3v) is 4.71. The summed E-state index contributed by atoms with van der Waals surface area (Å²) in [6, 6.07) is 12.9. The van der Waals surface area contributed by atoms with Crippen LogP contribution in [-0.2, 0) is 6.54 Å². The minimum atomic E-state index is 0.976. The van der Waals surface area contributed by atoms with E-state index in [0.29, 0.717) is 0 Å². The van der Waals surface area contributed by atoms with E-state index in [0.717, 1.165) is 23.9 Å². The van der Waals surface area contributed by atoms with Gasteiger partial charge in [-0.2, -0.15) is 0 Å². The smallest absolute Gasteiger partial charge is 0.0290 e. The first kappa shape index (κ1) is 8.35. The summed E-state index contributed by atoms with van der Waals surface area (Å²) in [5.41, 5.74) is 1.49. The van der Waals surface area contributed by atoms with Crippen LogP contribution < -0.4 is 0 Å². The van der Waals surface area contributed by atoms with Gasteiger partial charge < -0.3 is 0 Å². The lowest BCUT2D eigenvalue weighted by Gasteiger charge is -2.11. The van der Waals surface area contributed by atoms with Crippen LogP contribution >= 0.6 is 0 Å². The molecule has 0 spiro atoms. The first-order valence-corrected chi connectivity index (χ1v) is 6.23. The van der Waals surface area contributed by atoms with Gasteiger partial charge in [0.2, 0.25) is 0 Å². The molecule has 4 rings (SSSR count). The summed E-state index contributed by atoms with van der Waals surface area (Å²) < 4.78 is 0. The fraction of sp³-hybridized carbons (Fsp3) is 0.571. The van der Waals surface area contributed by atoms with Crippen LogP contribution in [0.15, 0.2) is 30.3 Å². The zero-order valence-corrected chi connectivity index (χ0v) is 8.97. The van der Waals surface area contributed by atoms with Crippen molar-refractivity contribution in [2.24, 2.45) is 11.8 Å². The monoisotopic (exact) mass is 199 g/mol. The maximum absolute atomic E-state index is 2.74. The minimum absolute atomic E-state index is 0.976. The van der Waals surface area contributed by atoms with Gasteiger partial charge >= 0.3 is 0 Å². The fourth-order valence-electron chi connectivity index (χ4n) is 4.10. The van der Waals surface area contributed by atoms with Crippen molar-refractivity contribution in [1.29, 1.82) is 0 Å². The molecule has 3 fully saturated rings. The van der Waals surface area contributed by atoms with E-state index in [4.69, 9.17) is 0 Å². The number of fused-ring (bicyclic) bond motifs is 5. The van der Waals surface area contributed by atoms with Crippen molar-refractivity contribution in [1.82, 2.24) is 4.90 Å². The lowest BCUT2D eigenvalue weighted by molar-refractivity contribution is 0.354. The molecule has 0 aromatic heterocycles. The summed E-state index contributed by atoms with van der Waals surface area (Å²) in [5.74, 6) is 2.12. The molecule has 1 heterocycles. The van der Waals surface area contributed by atoms with E-state index in [1.54, 1.807) is 6.42 Å². The van der Waals surface area contributed by atoms with Gasteiger partial charge in [-0.3, -0.25) is 4.90 Å². The van der Waals surface area contributed by atoms with Crippen LogP contribution in [0, 0.1) is 11.8 Å². The second kappa shape index (κ2) is 2.85. The second-order valence-electron chi connectivity index (χ2n) is 5.47. The van der Waals surface area contributed by atoms with Crippen molar-refractivity contribution in [3.05, 3.63) is 35.9 Å². The Bertz CT molecular complexity index is 356. The summed E-state index contributed by atoms with van der Waals surface area (Å²) in [5, 5.41) is 0. The highest BCUT2D eigenvalue weighted by Crippen LogP contribution is 2.58. The number of piperidine rings is 1. The Kier molecular flexibility index (Phi) is 1.59. The third kappa shape index (κ3) is 1.13. The van der Waals surface area contributed by atoms with Crippen molar-refractivity contribution >= 4 is 0 Å². The predicted octanol–water partition coefficient (Wildman–Crippen LogP) is 2.67. The number of hydrogen-bond acceptors (Lipinski definition) is 1. The van der Waals surface area contributed by atoms with E-state index in [1.807, 2.05) is 0 Å². The summed E-state index contributed by atoms with van der Waals surface area (Å²) >= 11 is 0. The van der Waals surface area contributed by atoms with E-state index in [9.17, 15) is 0 Å². The fourth-order valence-corrected chi connectivity index (χ4v) is 4.10. The Morgan fingerprint density at radius 2 is 1.67 bits per heavy atom. The molecule has 4 unspecified atom stereocenters. The molecule has 78 valence electrons. The van der Waals surface area contributed by atoms with Gasteiger partial charge in [-0.1, -0.05) is 30.3 Å². The molecule has 1 heteroatoms. The zero-order valence-electron chi connectivity index (χ0n) is 8.97. The maximum Gasteiger partial charge on any atom is 0.0290 e. The standard InChI is InChI=1S/C14H17N/c1-2-4-10(5-3-1)9-15-13-11-6-7-12(8-11)14(13)15/h1-5,11-14H,6-9H2. The maximum atomic E-state index is 2.74. The minimum Gasteiger partial charge on any atom is -0.289 e. The normalized spacial score (nSPS) is 45.5. The summed E-state index contributed by atoms with van der Waals surface area (Å²) in [4.78, 5) is 2.74. The van der Waals surface area contributed by atoms with Gasteiger partial charge in [0.15, 0.2) is 0 Å². The predicted molar refractivity (Wildman–Crippen MR) is 60.4 cm³/mol. The van der Waals surface area contributed by atoms with Crippen molar-refractivity contribution < 1.29 is 0 Å². The first-order chi connectivity index (χ1) is 7.43. The van der Waals surface area contributed by atoms with Gasteiger partial charge in [0.25, 0.3) is 0 Å². The Labute approximate surface area is 91.1 Å². The molecule has 4 atom stereocenters. The van der Waals surface area contributed by atoms with Gasteiger partial charge in [0.05, 0.1) is 0 Å². The van der Waals surface area contributed by atoms with Gasteiger partial charge in [-0.05, 0) is 36.7 Å². The molecule has 15 heavy (non-hydrogen) atoms. The molecule has 3 aliphatic rings. The van der Waals surface area contributed by atoms with Crippen LogP contribution in [0.1, 0.15) is 24.8 Å². The Morgan fingerprint density at radius 1 is 1.00 bits per heavy atom. The molecule has 1 nitrogen and oxygen atoms in total. The molecule has 0 radical (unpaired) electrons. The van der Waals surface area contributed by atoms with Gasteiger partial charge in [-0.25, -0.2) is 0 Å². The van der Waals surface area contributed by atoms with Crippen molar-refractivity contribution in [2.45, 2.75) is 37.9 Å². The average Bonchev–Trinajstić information content (AvgIpc) is 2.71. The topological polar surface area (TPSA) is 3.01 Å². The van der Waals surface area contributed by atoms with E-state index in [2.05, 4.69) is 35.2 Å². The molecule has 2 saturated carbocycles. The average molecular weight is 199 g/mol. The SMILES string of the molecule is c1ccc(CN2C3C4CCC(C4)C32)cc1. The van der Waals surface area contributed by atoms with E-state index in [-0.39, 0.29) is 0 Å². The number of hydrogen-bond donors (Lipinski definition) is 0. The van der Waals surface area contributed by atoms with E-state index < -0.39 is 0 Å². The Morgan fingerprint density at radius 3 is 2.33 bits per heavy atom. The molecule has 2 bridgehead atoms.